The Labute approximate surface area is 52.3 Å². The Bertz CT molecular complexity index is 66.4. The van der Waals surface area contributed by atoms with Gasteiger partial charge in [-0.2, -0.15) is 0 Å². The lowest BCUT2D eigenvalue weighted by Crippen LogP contribution is -2.22. The highest BCUT2D eigenvalue weighted by Crippen LogP contribution is 2.36. The molecule has 0 aliphatic heterocycles. The Morgan fingerprint density at radius 2 is 2.12 bits per heavy atom. The van der Waals surface area contributed by atoms with Gasteiger partial charge in [0.1, 0.15) is 0 Å². The molecule has 0 heteroatoms. The summed E-state index contributed by atoms with van der Waals surface area (Å²) < 4.78 is 0. The number of rotatable bonds is 2. The lowest BCUT2D eigenvalue weighted by molar-refractivity contribution is 0.182. The van der Waals surface area contributed by atoms with E-state index in [0.717, 1.165) is 11.8 Å². The van der Waals surface area contributed by atoms with Gasteiger partial charge in [0.05, 0.1) is 0 Å². The second-order valence-electron chi connectivity index (χ2n) is 3.10. The van der Waals surface area contributed by atoms with Crippen LogP contribution in [0.2, 0.25) is 0 Å². The minimum absolute atomic E-state index is 1.05. The van der Waals surface area contributed by atoms with Gasteiger partial charge in [-0.3, -0.25) is 0 Å². The molecular formula is C8H16. The highest BCUT2D eigenvalue weighted by molar-refractivity contribution is 4.76. The van der Waals surface area contributed by atoms with Crippen molar-refractivity contribution in [1.29, 1.82) is 0 Å². The fourth-order valence-corrected chi connectivity index (χ4v) is 1.54. The lowest BCUT2D eigenvalue weighted by atomic mass is 9.73. The first kappa shape index (κ1) is 6.12. The normalized spacial score (nSPS) is 36.8. The summed E-state index contributed by atoms with van der Waals surface area (Å²) in [5.41, 5.74) is 0. The van der Waals surface area contributed by atoms with Crippen LogP contribution in [0.5, 0.6) is 0 Å². The van der Waals surface area contributed by atoms with Crippen LogP contribution in [-0.4, -0.2) is 0 Å². The monoisotopic (exact) mass is 112 g/mol. The van der Waals surface area contributed by atoms with E-state index >= 15 is 0 Å². The molecule has 0 amide bonds. The van der Waals surface area contributed by atoms with E-state index in [4.69, 9.17) is 0 Å². The standard InChI is InChI=1S/C8H16/c1-3-4-8-6-5-7(8)2/h7-8H,3-6H2,1-2H3/t7?,8-/m0/s1. The smallest absolute Gasteiger partial charge is 0.0388 e. The van der Waals surface area contributed by atoms with Gasteiger partial charge in [0.15, 0.2) is 0 Å². The molecule has 1 rings (SSSR count). The molecule has 0 bridgehead atoms. The topological polar surface area (TPSA) is 0 Å². The molecule has 1 unspecified atom stereocenters. The van der Waals surface area contributed by atoms with E-state index in [0.29, 0.717) is 0 Å². The zero-order chi connectivity index (χ0) is 5.98. The molecule has 0 aromatic rings. The van der Waals surface area contributed by atoms with Crippen LogP contribution in [0.4, 0.5) is 0 Å². The van der Waals surface area contributed by atoms with E-state index < -0.39 is 0 Å². The van der Waals surface area contributed by atoms with E-state index in [1.165, 1.54) is 25.7 Å². The van der Waals surface area contributed by atoms with Gasteiger partial charge in [0.2, 0.25) is 0 Å². The second-order valence-corrected chi connectivity index (χ2v) is 3.10. The van der Waals surface area contributed by atoms with Gasteiger partial charge < -0.3 is 0 Å². The van der Waals surface area contributed by atoms with E-state index in [9.17, 15) is 0 Å². The summed E-state index contributed by atoms with van der Waals surface area (Å²) in [5, 5.41) is 0. The van der Waals surface area contributed by atoms with Crippen LogP contribution >= 0.6 is 0 Å². The molecule has 8 heavy (non-hydrogen) atoms. The second kappa shape index (κ2) is 2.52. The molecule has 0 nitrogen and oxygen atoms in total. The summed E-state index contributed by atoms with van der Waals surface area (Å²) in [6, 6.07) is 0. The molecule has 1 aliphatic rings. The highest BCUT2D eigenvalue weighted by atomic mass is 14.3. The van der Waals surface area contributed by atoms with Crippen LogP contribution in [0, 0.1) is 11.8 Å². The Balaban J connectivity index is 2.08. The van der Waals surface area contributed by atoms with Crippen LogP contribution < -0.4 is 0 Å². The predicted molar refractivity (Wildman–Crippen MR) is 36.8 cm³/mol. The molecule has 1 saturated carbocycles. The average molecular weight is 112 g/mol. The molecule has 2 atom stereocenters. The summed E-state index contributed by atoms with van der Waals surface area (Å²) in [6.45, 7) is 4.66. The summed E-state index contributed by atoms with van der Waals surface area (Å²) in [7, 11) is 0. The van der Waals surface area contributed by atoms with Gasteiger partial charge in [-0.25, -0.2) is 0 Å². The van der Waals surface area contributed by atoms with Gasteiger partial charge in [-0.05, 0) is 18.3 Å². The molecule has 0 radical (unpaired) electrons. The Morgan fingerprint density at radius 1 is 1.38 bits per heavy atom. The molecule has 1 fully saturated rings. The number of hydrogen-bond acceptors (Lipinski definition) is 0. The third-order valence-corrected chi connectivity index (χ3v) is 2.46. The van der Waals surface area contributed by atoms with Crippen LogP contribution in [0.25, 0.3) is 0 Å². The molecule has 0 spiro atoms. The van der Waals surface area contributed by atoms with Crippen molar-refractivity contribution in [2.75, 3.05) is 0 Å². The zero-order valence-electron chi connectivity index (χ0n) is 5.98. The Morgan fingerprint density at radius 3 is 2.25 bits per heavy atom. The average Bonchev–Trinajstić information content (AvgIpc) is 1.79. The first-order chi connectivity index (χ1) is 3.84. The third kappa shape index (κ3) is 1.04. The summed E-state index contributed by atoms with van der Waals surface area (Å²) >= 11 is 0. The van der Waals surface area contributed by atoms with Crippen molar-refractivity contribution in [3.05, 3.63) is 0 Å². The fraction of sp³-hybridized carbons (Fsp3) is 1.00. The molecule has 0 saturated heterocycles. The number of hydrogen-bond donors (Lipinski definition) is 0. The molecule has 0 N–H and O–H groups in total. The van der Waals surface area contributed by atoms with Crippen molar-refractivity contribution in [1.82, 2.24) is 0 Å². The maximum Gasteiger partial charge on any atom is -0.0388 e. The summed E-state index contributed by atoms with van der Waals surface area (Å²) in [5.74, 6) is 2.15. The zero-order valence-corrected chi connectivity index (χ0v) is 5.98. The van der Waals surface area contributed by atoms with Gasteiger partial charge in [0, 0.05) is 0 Å². The molecular weight excluding hydrogens is 96.1 g/mol. The van der Waals surface area contributed by atoms with Crippen LogP contribution in [-0.2, 0) is 0 Å². The lowest BCUT2D eigenvalue weighted by Gasteiger charge is -2.33. The van der Waals surface area contributed by atoms with Crippen molar-refractivity contribution in [3.63, 3.8) is 0 Å². The van der Waals surface area contributed by atoms with Crippen LogP contribution in [0.3, 0.4) is 0 Å². The van der Waals surface area contributed by atoms with Crippen molar-refractivity contribution in [2.24, 2.45) is 11.8 Å². The first-order valence-electron chi connectivity index (χ1n) is 3.84. The van der Waals surface area contributed by atoms with Gasteiger partial charge in [0.25, 0.3) is 0 Å². The molecule has 0 heterocycles. The van der Waals surface area contributed by atoms with E-state index in [1.807, 2.05) is 0 Å². The van der Waals surface area contributed by atoms with Gasteiger partial charge >= 0.3 is 0 Å². The summed E-state index contributed by atoms with van der Waals surface area (Å²) in [4.78, 5) is 0. The maximum atomic E-state index is 2.38. The largest absolute Gasteiger partial charge is 0.0654 e. The van der Waals surface area contributed by atoms with E-state index in [2.05, 4.69) is 13.8 Å². The van der Waals surface area contributed by atoms with E-state index in [1.54, 1.807) is 0 Å². The summed E-state index contributed by atoms with van der Waals surface area (Å²) in [6.07, 6.45) is 5.86. The van der Waals surface area contributed by atoms with Gasteiger partial charge in [-0.15, -0.1) is 0 Å². The predicted octanol–water partition coefficient (Wildman–Crippen LogP) is 2.83. The molecule has 48 valence electrons. The Kier molecular flexibility index (Phi) is 1.93. The highest BCUT2D eigenvalue weighted by Gasteiger charge is 2.24. The van der Waals surface area contributed by atoms with Crippen LogP contribution in [0.1, 0.15) is 39.5 Å². The molecule has 0 aromatic heterocycles. The van der Waals surface area contributed by atoms with Crippen molar-refractivity contribution in [2.45, 2.75) is 39.5 Å². The molecule has 0 aromatic carbocycles. The van der Waals surface area contributed by atoms with Crippen molar-refractivity contribution < 1.29 is 0 Å². The Hall–Kier alpha value is 0. The quantitative estimate of drug-likeness (QED) is 0.515. The third-order valence-electron chi connectivity index (χ3n) is 2.46. The maximum absolute atomic E-state index is 2.38. The van der Waals surface area contributed by atoms with Crippen molar-refractivity contribution in [3.8, 4) is 0 Å². The fourth-order valence-electron chi connectivity index (χ4n) is 1.54. The van der Waals surface area contributed by atoms with Crippen molar-refractivity contribution >= 4 is 0 Å². The van der Waals surface area contributed by atoms with Crippen LogP contribution in [0.15, 0.2) is 0 Å². The van der Waals surface area contributed by atoms with Gasteiger partial charge in [-0.1, -0.05) is 33.1 Å². The first-order valence-corrected chi connectivity index (χ1v) is 3.84. The SMILES string of the molecule is CCC[C@H]1CCC1C. The minimum atomic E-state index is 1.05. The van der Waals surface area contributed by atoms with E-state index in [-0.39, 0.29) is 0 Å². The minimum Gasteiger partial charge on any atom is -0.0654 e. The molecule has 1 aliphatic carbocycles.